The van der Waals surface area contributed by atoms with E-state index in [1.807, 2.05) is 0 Å². The molecule has 0 aromatic rings. The van der Waals surface area contributed by atoms with Gasteiger partial charge in [-0.05, 0) is 24.1 Å². The molecule has 1 heterocycles. The van der Waals surface area contributed by atoms with Crippen molar-refractivity contribution in [3.63, 3.8) is 0 Å². The van der Waals surface area contributed by atoms with Crippen LogP contribution in [0.2, 0.25) is 0 Å². The second-order valence-corrected chi connectivity index (χ2v) is 6.05. The Labute approximate surface area is 117 Å². The van der Waals surface area contributed by atoms with Crippen molar-refractivity contribution in [2.75, 3.05) is 24.6 Å². The van der Waals surface area contributed by atoms with Crippen LogP contribution in [0.15, 0.2) is 36.2 Å². The maximum atomic E-state index is 13.5. The van der Waals surface area contributed by atoms with Crippen molar-refractivity contribution in [1.82, 2.24) is 4.90 Å². The Morgan fingerprint density at radius 2 is 2.42 bits per heavy atom. The highest BCUT2D eigenvalue weighted by molar-refractivity contribution is 7.99. The SMILES string of the molecule is C=CC1C=C(F)C=C(CN2CCSCC(N)C2=O)C1. The fraction of sp³-hybridized carbons (Fsp3) is 0.500. The van der Waals surface area contributed by atoms with Gasteiger partial charge in [0.25, 0.3) is 0 Å². The molecule has 5 heteroatoms. The Morgan fingerprint density at radius 3 is 3.16 bits per heavy atom. The molecule has 1 fully saturated rings. The first-order chi connectivity index (χ1) is 9.10. The zero-order valence-electron chi connectivity index (χ0n) is 10.8. The molecule has 2 rings (SSSR count). The van der Waals surface area contributed by atoms with Crippen molar-refractivity contribution >= 4 is 17.7 Å². The van der Waals surface area contributed by atoms with E-state index in [9.17, 15) is 9.18 Å². The van der Waals surface area contributed by atoms with Crippen LogP contribution in [0.3, 0.4) is 0 Å². The van der Waals surface area contributed by atoms with Crippen LogP contribution < -0.4 is 5.73 Å². The average molecular weight is 282 g/mol. The lowest BCUT2D eigenvalue weighted by molar-refractivity contribution is -0.131. The first-order valence-corrected chi connectivity index (χ1v) is 7.57. The van der Waals surface area contributed by atoms with Crippen molar-refractivity contribution < 1.29 is 9.18 Å². The molecular formula is C14H19FN2OS. The highest BCUT2D eigenvalue weighted by Crippen LogP contribution is 2.25. The van der Waals surface area contributed by atoms with E-state index in [0.717, 1.165) is 17.7 Å². The van der Waals surface area contributed by atoms with E-state index in [0.29, 0.717) is 18.8 Å². The number of amides is 1. The summed E-state index contributed by atoms with van der Waals surface area (Å²) in [5, 5.41) is 0. The zero-order chi connectivity index (χ0) is 13.8. The van der Waals surface area contributed by atoms with E-state index in [1.165, 1.54) is 6.08 Å². The first-order valence-electron chi connectivity index (χ1n) is 6.41. The molecule has 2 aliphatic rings. The van der Waals surface area contributed by atoms with Crippen LogP contribution in [0.25, 0.3) is 0 Å². The van der Waals surface area contributed by atoms with Gasteiger partial charge in [0.05, 0.1) is 6.04 Å². The van der Waals surface area contributed by atoms with Crippen molar-refractivity contribution in [3.8, 4) is 0 Å². The summed E-state index contributed by atoms with van der Waals surface area (Å²) in [7, 11) is 0. The van der Waals surface area contributed by atoms with Gasteiger partial charge in [0.2, 0.25) is 5.91 Å². The summed E-state index contributed by atoms with van der Waals surface area (Å²) in [6.45, 7) is 4.85. The van der Waals surface area contributed by atoms with Crippen LogP contribution in [0.1, 0.15) is 6.42 Å². The molecule has 3 nitrogen and oxygen atoms in total. The quantitative estimate of drug-likeness (QED) is 0.804. The minimum Gasteiger partial charge on any atom is -0.336 e. The minimum absolute atomic E-state index is 0.0186. The van der Waals surface area contributed by atoms with Gasteiger partial charge in [0.15, 0.2) is 0 Å². The Morgan fingerprint density at radius 1 is 1.63 bits per heavy atom. The molecule has 0 aromatic carbocycles. The summed E-state index contributed by atoms with van der Waals surface area (Å²) in [6, 6.07) is -0.438. The third kappa shape index (κ3) is 3.70. The standard InChI is InChI=1S/C14H19FN2OS/c1-2-10-5-11(7-12(15)6-10)8-17-3-4-19-9-13(16)14(17)18/h2,6-7,10,13H,1,3-5,8-9,16H2. The van der Waals surface area contributed by atoms with Crippen LogP contribution in [-0.2, 0) is 4.79 Å². The Hall–Kier alpha value is -1.07. The smallest absolute Gasteiger partial charge is 0.240 e. The summed E-state index contributed by atoms with van der Waals surface area (Å²) >= 11 is 1.69. The summed E-state index contributed by atoms with van der Waals surface area (Å²) in [5.74, 6) is 1.29. The van der Waals surface area contributed by atoms with E-state index in [1.54, 1.807) is 28.8 Å². The Kier molecular flexibility index (Phi) is 4.82. The molecule has 0 bridgehead atoms. The third-order valence-electron chi connectivity index (χ3n) is 3.34. The monoisotopic (exact) mass is 282 g/mol. The van der Waals surface area contributed by atoms with E-state index >= 15 is 0 Å². The maximum absolute atomic E-state index is 13.5. The molecule has 104 valence electrons. The highest BCUT2D eigenvalue weighted by atomic mass is 32.2. The van der Waals surface area contributed by atoms with E-state index in [-0.39, 0.29) is 17.7 Å². The molecule has 0 saturated carbocycles. The van der Waals surface area contributed by atoms with Gasteiger partial charge in [-0.25, -0.2) is 4.39 Å². The van der Waals surface area contributed by atoms with Crippen LogP contribution >= 0.6 is 11.8 Å². The summed E-state index contributed by atoms with van der Waals surface area (Å²) in [4.78, 5) is 13.8. The first kappa shape index (κ1) is 14.3. The lowest BCUT2D eigenvalue weighted by atomic mass is 9.93. The summed E-state index contributed by atoms with van der Waals surface area (Å²) in [6.07, 6.45) is 5.54. The van der Waals surface area contributed by atoms with Crippen molar-refractivity contribution in [2.24, 2.45) is 11.7 Å². The Balaban J connectivity index is 2.05. The zero-order valence-corrected chi connectivity index (χ0v) is 11.7. The predicted octanol–water partition coefficient (Wildman–Crippen LogP) is 1.87. The molecule has 2 unspecified atom stereocenters. The number of nitrogens with two attached hydrogens (primary N) is 1. The molecule has 19 heavy (non-hydrogen) atoms. The number of allylic oxidation sites excluding steroid dienone is 4. The van der Waals surface area contributed by atoms with E-state index in [2.05, 4.69) is 6.58 Å². The van der Waals surface area contributed by atoms with Crippen molar-refractivity contribution in [3.05, 3.63) is 36.2 Å². The normalized spacial score (nSPS) is 28.5. The molecule has 1 aliphatic carbocycles. The topological polar surface area (TPSA) is 46.3 Å². The highest BCUT2D eigenvalue weighted by Gasteiger charge is 2.25. The number of nitrogens with zero attached hydrogens (tertiary/aromatic N) is 1. The molecule has 1 aliphatic heterocycles. The number of halogens is 1. The summed E-state index contributed by atoms with van der Waals surface area (Å²) < 4.78 is 13.5. The van der Waals surface area contributed by atoms with Crippen molar-refractivity contribution in [2.45, 2.75) is 12.5 Å². The van der Waals surface area contributed by atoms with Gasteiger partial charge in [-0.15, -0.1) is 6.58 Å². The van der Waals surface area contributed by atoms with E-state index in [4.69, 9.17) is 5.73 Å². The second-order valence-electron chi connectivity index (χ2n) is 4.90. The molecule has 0 aromatic heterocycles. The van der Waals surface area contributed by atoms with Gasteiger partial charge in [-0.2, -0.15) is 11.8 Å². The molecule has 0 spiro atoms. The van der Waals surface area contributed by atoms with Gasteiger partial charge in [-0.1, -0.05) is 6.08 Å². The van der Waals surface area contributed by atoms with Gasteiger partial charge in [0.1, 0.15) is 5.83 Å². The average Bonchev–Trinajstić information content (AvgIpc) is 2.54. The van der Waals surface area contributed by atoms with Crippen LogP contribution in [0.5, 0.6) is 0 Å². The van der Waals surface area contributed by atoms with Gasteiger partial charge >= 0.3 is 0 Å². The summed E-state index contributed by atoms with van der Waals surface area (Å²) in [5.41, 5.74) is 6.75. The van der Waals surface area contributed by atoms with Gasteiger partial charge < -0.3 is 10.6 Å². The molecule has 2 atom stereocenters. The van der Waals surface area contributed by atoms with Crippen LogP contribution in [-0.4, -0.2) is 41.4 Å². The molecule has 2 N–H and O–H groups in total. The predicted molar refractivity (Wildman–Crippen MR) is 77.5 cm³/mol. The number of carbonyl (C=O) groups excluding carboxylic acids is 1. The molecular weight excluding hydrogens is 263 g/mol. The lowest BCUT2D eigenvalue weighted by Crippen LogP contribution is -2.44. The largest absolute Gasteiger partial charge is 0.336 e. The van der Waals surface area contributed by atoms with Crippen LogP contribution in [0, 0.1) is 5.92 Å². The number of hydrogen-bond acceptors (Lipinski definition) is 3. The van der Waals surface area contributed by atoms with Gasteiger partial charge in [-0.3, -0.25) is 4.79 Å². The third-order valence-corrected chi connectivity index (χ3v) is 4.41. The Bertz CT molecular complexity index is 433. The van der Waals surface area contributed by atoms with Crippen molar-refractivity contribution in [1.29, 1.82) is 0 Å². The number of thioether (sulfide) groups is 1. The van der Waals surface area contributed by atoms with Gasteiger partial charge in [0, 0.05) is 30.5 Å². The minimum atomic E-state index is -0.438. The number of rotatable bonds is 3. The molecule has 1 saturated heterocycles. The van der Waals surface area contributed by atoms with E-state index < -0.39 is 6.04 Å². The number of carbonyl (C=O) groups is 1. The molecule has 1 amide bonds. The number of hydrogen-bond donors (Lipinski definition) is 1. The maximum Gasteiger partial charge on any atom is 0.240 e. The molecule has 0 radical (unpaired) electrons. The fourth-order valence-electron chi connectivity index (χ4n) is 2.33. The second kappa shape index (κ2) is 6.39. The fourth-order valence-corrected chi connectivity index (χ4v) is 3.25. The van der Waals surface area contributed by atoms with Crippen LogP contribution in [0.4, 0.5) is 4.39 Å². The lowest BCUT2D eigenvalue weighted by Gasteiger charge is -2.26.